The van der Waals surface area contributed by atoms with Crippen molar-refractivity contribution in [2.24, 2.45) is 5.92 Å². The van der Waals surface area contributed by atoms with Crippen LogP contribution in [0, 0.1) is 5.92 Å². The number of halogens is 1. The van der Waals surface area contributed by atoms with Crippen LogP contribution in [-0.2, 0) is 4.79 Å². The van der Waals surface area contributed by atoms with E-state index in [0.29, 0.717) is 10.9 Å². The van der Waals surface area contributed by atoms with Gasteiger partial charge < -0.3 is 9.80 Å². The molecule has 2 fully saturated rings. The molecule has 5 heteroatoms. The molecular weight excluding hydrogens is 286 g/mol. The van der Waals surface area contributed by atoms with Gasteiger partial charge in [-0.3, -0.25) is 4.79 Å². The molecule has 0 aromatic carbocycles. The fraction of sp³-hybridized carbons (Fsp3) is 0.625. The Hall–Kier alpha value is -1.29. The third-order valence-electron chi connectivity index (χ3n) is 4.48. The van der Waals surface area contributed by atoms with Crippen molar-refractivity contribution in [3.8, 4) is 0 Å². The highest BCUT2D eigenvalue weighted by Crippen LogP contribution is 2.28. The van der Waals surface area contributed by atoms with E-state index in [9.17, 15) is 4.79 Å². The Morgan fingerprint density at radius 1 is 1.19 bits per heavy atom. The van der Waals surface area contributed by atoms with E-state index in [1.807, 2.05) is 12.1 Å². The van der Waals surface area contributed by atoms with Gasteiger partial charge >= 0.3 is 0 Å². The standard InChI is InChI=1S/C16H22ClN3O/c17-14-7-4-8-18-15(14)20-11-5-6-13(12-20)16(21)19-9-2-1-3-10-19/h4,7-8,13H,1-3,5-6,9-12H2. The smallest absolute Gasteiger partial charge is 0.227 e. The number of likely N-dealkylation sites (tertiary alicyclic amines) is 1. The van der Waals surface area contributed by atoms with Gasteiger partial charge in [0.05, 0.1) is 10.9 Å². The fourth-order valence-electron chi connectivity index (χ4n) is 3.35. The molecule has 0 aliphatic carbocycles. The zero-order valence-electron chi connectivity index (χ0n) is 12.3. The molecule has 1 unspecified atom stereocenters. The SMILES string of the molecule is O=C(C1CCCN(c2ncccc2Cl)C1)N1CCCCC1. The number of pyridine rings is 1. The summed E-state index contributed by atoms with van der Waals surface area (Å²) >= 11 is 6.23. The van der Waals surface area contributed by atoms with Gasteiger partial charge in [-0.05, 0) is 44.2 Å². The third-order valence-corrected chi connectivity index (χ3v) is 4.77. The quantitative estimate of drug-likeness (QED) is 0.843. The minimum atomic E-state index is 0.0925. The van der Waals surface area contributed by atoms with Crippen LogP contribution in [0.2, 0.25) is 5.02 Å². The number of hydrogen-bond donors (Lipinski definition) is 0. The minimum absolute atomic E-state index is 0.0925. The molecule has 3 heterocycles. The summed E-state index contributed by atoms with van der Waals surface area (Å²) in [4.78, 5) is 21.3. The zero-order valence-corrected chi connectivity index (χ0v) is 13.1. The van der Waals surface area contributed by atoms with Crippen LogP contribution < -0.4 is 4.90 Å². The summed E-state index contributed by atoms with van der Waals surface area (Å²) < 4.78 is 0. The summed E-state index contributed by atoms with van der Waals surface area (Å²) in [6.45, 7) is 3.53. The fourth-order valence-corrected chi connectivity index (χ4v) is 3.59. The van der Waals surface area contributed by atoms with E-state index in [4.69, 9.17) is 11.6 Å². The molecule has 0 N–H and O–H groups in total. The van der Waals surface area contributed by atoms with Crippen molar-refractivity contribution in [3.05, 3.63) is 23.4 Å². The summed E-state index contributed by atoms with van der Waals surface area (Å²) in [5.41, 5.74) is 0. The lowest BCUT2D eigenvalue weighted by molar-refractivity contribution is -0.136. The maximum atomic E-state index is 12.7. The van der Waals surface area contributed by atoms with Crippen LogP contribution in [0.4, 0.5) is 5.82 Å². The van der Waals surface area contributed by atoms with E-state index in [1.54, 1.807) is 6.20 Å². The van der Waals surface area contributed by atoms with Crippen molar-refractivity contribution in [1.29, 1.82) is 0 Å². The number of nitrogens with zero attached hydrogens (tertiary/aromatic N) is 3. The first-order chi connectivity index (χ1) is 10.3. The Labute approximate surface area is 131 Å². The number of carbonyl (C=O) groups excluding carboxylic acids is 1. The van der Waals surface area contributed by atoms with Crippen LogP contribution in [-0.4, -0.2) is 42.0 Å². The predicted octanol–water partition coefficient (Wildman–Crippen LogP) is 2.96. The highest BCUT2D eigenvalue weighted by atomic mass is 35.5. The van der Waals surface area contributed by atoms with Crippen LogP contribution in [0.25, 0.3) is 0 Å². The van der Waals surface area contributed by atoms with E-state index in [2.05, 4.69) is 14.8 Å². The molecule has 3 rings (SSSR count). The van der Waals surface area contributed by atoms with E-state index >= 15 is 0 Å². The minimum Gasteiger partial charge on any atom is -0.355 e. The first-order valence-corrected chi connectivity index (χ1v) is 8.28. The van der Waals surface area contributed by atoms with Crippen LogP contribution in [0.1, 0.15) is 32.1 Å². The molecule has 4 nitrogen and oxygen atoms in total. The van der Waals surface area contributed by atoms with Crippen molar-refractivity contribution < 1.29 is 4.79 Å². The van der Waals surface area contributed by atoms with Gasteiger partial charge in [0, 0.05) is 32.4 Å². The van der Waals surface area contributed by atoms with Gasteiger partial charge in [0.15, 0.2) is 0 Å². The number of carbonyl (C=O) groups is 1. The number of anilines is 1. The summed E-state index contributed by atoms with van der Waals surface area (Å²) in [5.74, 6) is 1.23. The van der Waals surface area contributed by atoms with E-state index in [0.717, 1.165) is 57.7 Å². The van der Waals surface area contributed by atoms with E-state index in [-0.39, 0.29) is 5.92 Å². The van der Waals surface area contributed by atoms with Gasteiger partial charge in [-0.1, -0.05) is 11.6 Å². The molecule has 2 aliphatic heterocycles. The Balaban J connectivity index is 1.68. The second-order valence-electron chi connectivity index (χ2n) is 5.98. The Morgan fingerprint density at radius 2 is 2.00 bits per heavy atom. The molecule has 0 bridgehead atoms. The highest BCUT2D eigenvalue weighted by molar-refractivity contribution is 6.32. The Bertz CT molecular complexity index is 502. The number of rotatable bonds is 2. The lowest BCUT2D eigenvalue weighted by Crippen LogP contribution is -2.46. The maximum absolute atomic E-state index is 12.7. The first kappa shape index (κ1) is 14.6. The summed E-state index contributed by atoms with van der Waals surface area (Å²) in [6, 6.07) is 3.70. The average molecular weight is 308 g/mol. The lowest BCUT2D eigenvalue weighted by atomic mass is 9.95. The van der Waals surface area contributed by atoms with Gasteiger partial charge in [0.1, 0.15) is 5.82 Å². The number of aromatic nitrogens is 1. The van der Waals surface area contributed by atoms with Gasteiger partial charge in [-0.2, -0.15) is 0 Å². The first-order valence-electron chi connectivity index (χ1n) is 7.90. The number of hydrogen-bond acceptors (Lipinski definition) is 3. The summed E-state index contributed by atoms with van der Waals surface area (Å²) in [7, 11) is 0. The lowest BCUT2D eigenvalue weighted by Gasteiger charge is -2.37. The van der Waals surface area contributed by atoms with Crippen LogP contribution in [0.5, 0.6) is 0 Å². The highest BCUT2D eigenvalue weighted by Gasteiger charge is 2.30. The van der Waals surface area contributed by atoms with Gasteiger partial charge in [-0.15, -0.1) is 0 Å². The topological polar surface area (TPSA) is 36.4 Å². The molecule has 0 radical (unpaired) electrons. The van der Waals surface area contributed by atoms with Gasteiger partial charge in [0.25, 0.3) is 0 Å². The molecule has 1 aromatic heterocycles. The number of amides is 1. The van der Waals surface area contributed by atoms with Crippen LogP contribution in [0.15, 0.2) is 18.3 Å². The van der Waals surface area contributed by atoms with Crippen molar-refractivity contribution in [2.45, 2.75) is 32.1 Å². The summed E-state index contributed by atoms with van der Waals surface area (Å²) in [5, 5.41) is 0.670. The van der Waals surface area contributed by atoms with Crippen LogP contribution in [0.3, 0.4) is 0 Å². The molecular formula is C16H22ClN3O. The Morgan fingerprint density at radius 3 is 2.76 bits per heavy atom. The van der Waals surface area contributed by atoms with Gasteiger partial charge in [0.2, 0.25) is 5.91 Å². The monoisotopic (exact) mass is 307 g/mol. The maximum Gasteiger partial charge on any atom is 0.227 e. The van der Waals surface area contributed by atoms with E-state index < -0.39 is 0 Å². The van der Waals surface area contributed by atoms with Gasteiger partial charge in [-0.25, -0.2) is 4.98 Å². The molecule has 2 aliphatic rings. The summed E-state index contributed by atoms with van der Waals surface area (Å²) in [6.07, 6.45) is 7.32. The molecule has 0 spiro atoms. The molecule has 114 valence electrons. The second-order valence-corrected chi connectivity index (χ2v) is 6.39. The Kier molecular flexibility index (Phi) is 4.63. The normalized spacial score (nSPS) is 23.2. The largest absolute Gasteiger partial charge is 0.355 e. The molecule has 2 saturated heterocycles. The van der Waals surface area contributed by atoms with E-state index in [1.165, 1.54) is 6.42 Å². The van der Waals surface area contributed by atoms with Crippen molar-refractivity contribution >= 4 is 23.3 Å². The number of piperidine rings is 2. The second kappa shape index (κ2) is 6.65. The third kappa shape index (κ3) is 3.31. The molecule has 1 aromatic rings. The molecule has 1 atom stereocenters. The van der Waals surface area contributed by atoms with Crippen molar-refractivity contribution in [1.82, 2.24) is 9.88 Å². The molecule has 21 heavy (non-hydrogen) atoms. The molecule has 0 saturated carbocycles. The van der Waals surface area contributed by atoms with Crippen molar-refractivity contribution in [2.75, 3.05) is 31.1 Å². The van der Waals surface area contributed by atoms with Crippen LogP contribution >= 0.6 is 11.6 Å². The predicted molar refractivity (Wildman–Crippen MR) is 84.6 cm³/mol. The zero-order chi connectivity index (χ0) is 14.7. The van der Waals surface area contributed by atoms with Crippen molar-refractivity contribution in [3.63, 3.8) is 0 Å². The average Bonchev–Trinajstić information content (AvgIpc) is 2.55. The molecule has 1 amide bonds.